The summed E-state index contributed by atoms with van der Waals surface area (Å²) in [6, 6.07) is 14.4. The van der Waals surface area contributed by atoms with Crippen LogP contribution in [0.15, 0.2) is 42.5 Å². The minimum absolute atomic E-state index is 0.483. The van der Waals surface area contributed by atoms with Crippen LogP contribution in [-0.4, -0.2) is 0 Å². The van der Waals surface area contributed by atoms with Crippen LogP contribution in [0.5, 0.6) is 11.5 Å². The highest BCUT2D eigenvalue weighted by molar-refractivity contribution is 5.46. The standard InChI is InChI=1S/C18H23NO/c1-4-13(2)16-10-5-6-11-17(16)20-18-14(3)8-7-9-15(18)12-19/h5-11,13H,4,12,19H2,1-3H3. The highest BCUT2D eigenvalue weighted by Gasteiger charge is 2.13. The van der Waals surface area contributed by atoms with Crippen LogP contribution >= 0.6 is 0 Å². The van der Waals surface area contributed by atoms with Crippen molar-refractivity contribution in [2.24, 2.45) is 5.73 Å². The molecule has 106 valence electrons. The molecule has 0 aliphatic carbocycles. The van der Waals surface area contributed by atoms with Gasteiger partial charge in [-0.3, -0.25) is 0 Å². The monoisotopic (exact) mass is 269 g/mol. The molecule has 1 unspecified atom stereocenters. The van der Waals surface area contributed by atoms with Gasteiger partial charge in [-0.2, -0.15) is 0 Å². The summed E-state index contributed by atoms with van der Waals surface area (Å²) >= 11 is 0. The number of nitrogens with two attached hydrogens (primary N) is 1. The van der Waals surface area contributed by atoms with Gasteiger partial charge in [-0.25, -0.2) is 0 Å². The molecule has 0 heterocycles. The van der Waals surface area contributed by atoms with Crippen LogP contribution in [0.4, 0.5) is 0 Å². The molecule has 20 heavy (non-hydrogen) atoms. The molecule has 0 amide bonds. The zero-order chi connectivity index (χ0) is 14.5. The van der Waals surface area contributed by atoms with Gasteiger partial charge in [0, 0.05) is 12.1 Å². The average molecular weight is 269 g/mol. The lowest BCUT2D eigenvalue weighted by molar-refractivity contribution is 0.461. The van der Waals surface area contributed by atoms with Crippen molar-refractivity contribution in [2.75, 3.05) is 0 Å². The Balaban J connectivity index is 2.40. The van der Waals surface area contributed by atoms with Crippen LogP contribution in [0.25, 0.3) is 0 Å². The lowest BCUT2D eigenvalue weighted by Gasteiger charge is -2.18. The summed E-state index contributed by atoms with van der Waals surface area (Å²) in [6.45, 7) is 6.97. The molecule has 0 spiro atoms. The van der Waals surface area contributed by atoms with Gasteiger partial charge in [-0.15, -0.1) is 0 Å². The normalized spacial score (nSPS) is 12.2. The van der Waals surface area contributed by atoms with Crippen LogP contribution in [0.3, 0.4) is 0 Å². The summed E-state index contributed by atoms with van der Waals surface area (Å²) in [5.41, 5.74) is 9.23. The molecule has 0 radical (unpaired) electrons. The van der Waals surface area contributed by atoms with Crippen LogP contribution in [0, 0.1) is 6.92 Å². The van der Waals surface area contributed by atoms with Gasteiger partial charge < -0.3 is 10.5 Å². The third kappa shape index (κ3) is 3.02. The summed E-state index contributed by atoms with van der Waals surface area (Å²) in [6.07, 6.45) is 1.10. The number of rotatable bonds is 5. The Labute approximate surface area is 121 Å². The van der Waals surface area contributed by atoms with Gasteiger partial charge in [0.05, 0.1) is 0 Å². The summed E-state index contributed by atoms with van der Waals surface area (Å²) in [7, 11) is 0. The maximum Gasteiger partial charge on any atom is 0.134 e. The molecule has 2 rings (SSSR count). The number of para-hydroxylation sites is 2. The topological polar surface area (TPSA) is 35.2 Å². The molecule has 0 fully saturated rings. The fourth-order valence-corrected chi connectivity index (χ4v) is 2.33. The molecule has 2 aromatic rings. The largest absolute Gasteiger partial charge is 0.456 e. The molecular weight excluding hydrogens is 246 g/mol. The first-order valence-corrected chi connectivity index (χ1v) is 7.22. The maximum absolute atomic E-state index is 6.21. The second-order valence-corrected chi connectivity index (χ2v) is 5.22. The van der Waals surface area contributed by atoms with Crippen molar-refractivity contribution < 1.29 is 4.74 Å². The van der Waals surface area contributed by atoms with Crippen molar-refractivity contribution >= 4 is 0 Å². The molecule has 0 saturated heterocycles. The van der Waals surface area contributed by atoms with E-state index in [0.717, 1.165) is 29.0 Å². The Bertz CT molecular complexity index is 577. The molecule has 0 saturated carbocycles. The van der Waals surface area contributed by atoms with E-state index in [-0.39, 0.29) is 0 Å². The summed E-state index contributed by atoms with van der Waals surface area (Å²) < 4.78 is 6.21. The third-order valence-corrected chi connectivity index (χ3v) is 3.79. The number of ether oxygens (including phenoxy) is 1. The Morgan fingerprint density at radius 1 is 1.10 bits per heavy atom. The Hall–Kier alpha value is -1.80. The summed E-state index contributed by atoms with van der Waals surface area (Å²) in [5.74, 6) is 2.31. The smallest absolute Gasteiger partial charge is 0.134 e. The van der Waals surface area contributed by atoms with Gasteiger partial charge in [0.1, 0.15) is 11.5 Å². The Morgan fingerprint density at radius 3 is 2.55 bits per heavy atom. The molecule has 1 atom stereocenters. The molecule has 2 nitrogen and oxygen atoms in total. The van der Waals surface area contributed by atoms with Crippen LogP contribution in [0.1, 0.15) is 42.9 Å². The minimum Gasteiger partial charge on any atom is -0.456 e. The van der Waals surface area contributed by atoms with Crippen molar-refractivity contribution in [2.45, 2.75) is 39.7 Å². The second-order valence-electron chi connectivity index (χ2n) is 5.22. The SMILES string of the molecule is CCC(C)c1ccccc1Oc1c(C)cccc1CN. The Kier molecular flexibility index (Phi) is 4.80. The fraction of sp³-hybridized carbons (Fsp3) is 0.333. The zero-order valence-electron chi connectivity index (χ0n) is 12.5. The number of hydrogen-bond donors (Lipinski definition) is 1. The predicted molar refractivity (Wildman–Crippen MR) is 84.3 cm³/mol. The van der Waals surface area contributed by atoms with Crippen LogP contribution in [-0.2, 0) is 6.54 Å². The number of benzene rings is 2. The molecular formula is C18H23NO. The van der Waals surface area contributed by atoms with E-state index in [4.69, 9.17) is 10.5 Å². The van der Waals surface area contributed by atoms with Gasteiger partial charge in [0.15, 0.2) is 0 Å². The van der Waals surface area contributed by atoms with Gasteiger partial charge >= 0.3 is 0 Å². The van der Waals surface area contributed by atoms with E-state index >= 15 is 0 Å². The van der Waals surface area contributed by atoms with Gasteiger partial charge in [-0.1, -0.05) is 50.2 Å². The predicted octanol–water partition coefficient (Wildman–Crippen LogP) is 4.76. The quantitative estimate of drug-likeness (QED) is 0.849. The van der Waals surface area contributed by atoms with Crippen LogP contribution in [0.2, 0.25) is 0 Å². The number of hydrogen-bond acceptors (Lipinski definition) is 2. The fourth-order valence-electron chi connectivity index (χ4n) is 2.33. The minimum atomic E-state index is 0.483. The first-order chi connectivity index (χ1) is 9.67. The van der Waals surface area contributed by atoms with Crippen LogP contribution < -0.4 is 10.5 Å². The molecule has 0 aliphatic rings. The van der Waals surface area contributed by atoms with E-state index in [1.165, 1.54) is 5.56 Å². The maximum atomic E-state index is 6.21. The number of aryl methyl sites for hydroxylation is 1. The van der Waals surface area contributed by atoms with E-state index in [1.807, 2.05) is 24.3 Å². The molecule has 0 aliphatic heterocycles. The van der Waals surface area contributed by atoms with E-state index in [2.05, 4.69) is 39.0 Å². The molecule has 2 aromatic carbocycles. The van der Waals surface area contributed by atoms with Crippen molar-refractivity contribution in [1.82, 2.24) is 0 Å². The Morgan fingerprint density at radius 2 is 1.85 bits per heavy atom. The first-order valence-electron chi connectivity index (χ1n) is 7.22. The highest BCUT2D eigenvalue weighted by atomic mass is 16.5. The highest BCUT2D eigenvalue weighted by Crippen LogP contribution is 2.34. The summed E-state index contributed by atoms with van der Waals surface area (Å²) in [4.78, 5) is 0. The second kappa shape index (κ2) is 6.58. The van der Waals surface area contributed by atoms with E-state index < -0.39 is 0 Å². The molecule has 2 N–H and O–H groups in total. The molecule has 0 bridgehead atoms. The zero-order valence-corrected chi connectivity index (χ0v) is 12.5. The molecule has 0 aromatic heterocycles. The first kappa shape index (κ1) is 14.6. The van der Waals surface area contributed by atoms with Gasteiger partial charge in [-0.05, 0) is 36.5 Å². The van der Waals surface area contributed by atoms with Gasteiger partial charge in [0.2, 0.25) is 0 Å². The lowest BCUT2D eigenvalue weighted by atomic mass is 9.98. The van der Waals surface area contributed by atoms with E-state index in [0.29, 0.717) is 12.5 Å². The van der Waals surface area contributed by atoms with Crippen molar-refractivity contribution in [1.29, 1.82) is 0 Å². The van der Waals surface area contributed by atoms with Crippen molar-refractivity contribution in [3.63, 3.8) is 0 Å². The molecule has 2 heteroatoms. The third-order valence-electron chi connectivity index (χ3n) is 3.79. The van der Waals surface area contributed by atoms with Gasteiger partial charge in [0.25, 0.3) is 0 Å². The van der Waals surface area contributed by atoms with Crippen molar-refractivity contribution in [3.05, 3.63) is 59.2 Å². The van der Waals surface area contributed by atoms with E-state index in [1.54, 1.807) is 0 Å². The summed E-state index contributed by atoms with van der Waals surface area (Å²) in [5, 5.41) is 0. The lowest BCUT2D eigenvalue weighted by Crippen LogP contribution is -2.02. The van der Waals surface area contributed by atoms with E-state index in [9.17, 15) is 0 Å². The van der Waals surface area contributed by atoms with Crippen molar-refractivity contribution in [3.8, 4) is 11.5 Å². The average Bonchev–Trinajstić information content (AvgIpc) is 2.49.